The van der Waals surface area contributed by atoms with Crippen LogP contribution in [-0.4, -0.2) is 0 Å². The fraction of sp³-hybridized carbons (Fsp3) is 0.0312. The molecule has 0 heteroatoms. The lowest BCUT2D eigenvalue weighted by Gasteiger charge is -2.17. The second kappa shape index (κ2) is 9.49. The van der Waals surface area contributed by atoms with Crippen LogP contribution < -0.4 is 0 Å². The molecule has 5 rings (SSSR count). The van der Waals surface area contributed by atoms with Crippen molar-refractivity contribution in [2.75, 3.05) is 0 Å². The molecule has 0 saturated carbocycles. The van der Waals surface area contributed by atoms with Crippen molar-refractivity contribution in [1.29, 1.82) is 0 Å². The van der Waals surface area contributed by atoms with Crippen LogP contribution in [0.25, 0.3) is 33.4 Å². The van der Waals surface area contributed by atoms with Gasteiger partial charge in [0.05, 0.1) is 0 Å². The largest absolute Gasteiger partial charge is 0.0622 e. The van der Waals surface area contributed by atoms with Crippen molar-refractivity contribution in [3.8, 4) is 33.4 Å². The molecule has 0 bridgehead atoms. The smallest absolute Gasteiger partial charge is 0.00428 e. The zero-order valence-electron chi connectivity index (χ0n) is 18.0. The highest BCUT2D eigenvalue weighted by Gasteiger charge is 2.13. The molecule has 0 amide bonds. The van der Waals surface area contributed by atoms with E-state index in [1.54, 1.807) is 0 Å². The Morgan fingerprint density at radius 2 is 0.906 bits per heavy atom. The minimum Gasteiger partial charge on any atom is -0.0622 e. The summed E-state index contributed by atoms with van der Waals surface area (Å²) in [6.07, 6.45) is 3.23. The van der Waals surface area contributed by atoms with Crippen LogP contribution in [0.4, 0.5) is 0 Å². The van der Waals surface area contributed by atoms with Gasteiger partial charge in [-0.15, -0.1) is 0 Å². The molecule has 0 aliphatic rings. The highest BCUT2D eigenvalue weighted by Crippen LogP contribution is 2.36. The van der Waals surface area contributed by atoms with E-state index in [-0.39, 0.29) is 0 Å². The lowest BCUT2D eigenvalue weighted by Crippen LogP contribution is -1.97. The molecule has 32 heavy (non-hydrogen) atoms. The third kappa shape index (κ3) is 4.26. The first kappa shape index (κ1) is 20.0. The highest BCUT2D eigenvalue weighted by atomic mass is 14.2. The van der Waals surface area contributed by atoms with Crippen molar-refractivity contribution < 1.29 is 0 Å². The van der Waals surface area contributed by atoms with Gasteiger partial charge in [-0.2, -0.15) is 0 Å². The molecule has 0 nitrogen and oxygen atoms in total. The molecule has 0 aliphatic heterocycles. The molecule has 0 atom stereocenters. The van der Waals surface area contributed by atoms with Gasteiger partial charge in [-0.1, -0.05) is 133 Å². The maximum Gasteiger partial charge on any atom is -0.00428 e. The average Bonchev–Trinajstić information content (AvgIpc) is 2.89. The molecular formula is C32H25. The van der Waals surface area contributed by atoms with E-state index in [1.165, 1.54) is 44.5 Å². The standard InChI is InChI=1S/C32H25/c1-4-13-25(14-5-1)30-21-11-10-17-27(30)23-24-29-20-12-22-31(26-15-6-2-7-16-26)32(29)28-18-8-3-9-19-28/h1-23H,24H2. The topological polar surface area (TPSA) is 0 Å². The van der Waals surface area contributed by atoms with E-state index in [1.807, 2.05) is 0 Å². The van der Waals surface area contributed by atoms with Crippen molar-refractivity contribution in [2.24, 2.45) is 0 Å². The summed E-state index contributed by atoms with van der Waals surface area (Å²) in [4.78, 5) is 0. The summed E-state index contributed by atoms with van der Waals surface area (Å²) in [5, 5.41) is 0. The molecule has 0 heterocycles. The molecule has 5 aromatic rings. The molecule has 153 valence electrons. The van der Waals surface area contributed by atoms with Gasteiger partial charge in [-0.25, -0.2) is 0 Å². The molecule has 0 unspecified atom stereocenters. The van der Waals surface area contributed by atoms with E-state index < -0.39 is 0 Å². The lowest BCUT2D eigenvalue weighted by atomic mass is 9.87. The van der Waals surface area contributed by atoms with Gasteiger partial charge >= 0.3 is 0 Å². The monoisotopic (exact) mass is 409 g/mol. The van der Waals surface area contributed by atoms with Crippen LogP contribution in [0.15, 0.2) is 133 Å². The molecule has 0 spiro atoms. The fourth-order valence-electron chi connectivity index (χ4n) is 4.35. The lowest BCUT2D eigenvalue weighted by molar-refractivity contribution is 1.17. The Morgan fingerprint density at radius 1 is 0.406 bits per heavy atom. The molecule has 0 fully saturated rings. The average molecular weight is 410 g/mol. The quantitative estimate of drug-likeness (QED) is 0.264. The van der Waals surface area contributed by atoms with Crippen LogP contribution in [0.5, 0.6) is 0 Å². The number of rotatable bonds is 6. The second-order valence-corrected chi connectivity index (χ2v) is 7.93. The van der Waals surface area contributed by atoms with E-state index in [9.17, 15) is 0 Å². The van der Waals surface area contributed by atoms with Crippen molar-refractivity contribution in [2.45, 2.75) is 6.42 Å². The van der Waals surface area contributed by atoms with Crippen molar-refractivity contribution >= 4 is 0 Å². The van der Waals surface area contributed by atoms with Gasteiger partial charge in [0.25, 0.3) is 0 Å². The van der Waals surface area contributed by atoms with Crippen LogP contribution in [0, 0.1) is 6.42 Å². The summed E-state index contributed by atoms with van der Waals surface area (Å²) in [5.74, 6) is 0. The van der Waals surface area contributed by atoms with Gasteiger partial charge in [0.15, 0.2) is 0 Å². The molecule has 0 aromatic heterocycles. The van der Waals surface area contributed by atoms with Crippen LogP contribution in [0.1, 0.15) is 11.1 Å². The summed E-state index contributed by atoms with van der Waals surface area (Å²) >= 11 is 0. The number of hydrogen-bond acceptors (Lipinski definition) is 0. The maximum atomic E-state index is 2.36. The fourth-order valence-corrected chi connectivity index (χ4v) is 4.35. The third-order valence-corrected chi connectivity index (χ3v) is 5.89. The van der Waals surface area contributed by atoms with Crippen molar-refractivity contribution in [1.82, 2.24) is 0 Å². The van der Waals surface area contributed by atoms with Crippen LogP contribution in [0.2, 0.25) is 0 Å². The Morgan fingerprint density at radius 3 is 1.56 bits per heavy atom. The van der Waals surface area contributed by atoms with E-state index in [0.717, 1.165) is 6.42 Å². The first-order valence-electron chi connectivity index (χ1n) is 11.1. The molecule has 0 saturated heterocycles. The minimum atomic E-state index is 0.870. The highest BCUT2D eigenvalue weighted by molar-refractivity contribution is 5.86. The summed E-state index contributed by atoms with van der Waals surface area (Å²) in [7, 11) is 0. The van der Waals surface area contributed by atoms with E-state index >= 15 is 0 Å². The summed E-state index contributed by atoms with van der Waals surface area (Å²) in [6.45, 7) is 0. The summed E-state index contributed by atoms with van der Waals surface area (Å²) < 4.78 is 0. The third-order valence-electron chi connectivity index (χ3n) is 5.89. The summed E-state index contributed by atoms with van der Waals surface area (Å²) in [5.41, 5.74) is 10.2. The van der Waals surface area contributed by atoms with Crippen molar-refractivity contribution in [3.05, 3.63) is 151 Å². The number of hydrogen-bond donors (Lipinski definition) is 0. The Balaban J connectivity index is 1.55. The van der Waals surface area contributed by atoms with Crippen LogP contribution in [0.3, 0.4) is 0 Å². The molecule has 1 radical (unpaired) electrons. The van der Waals surface area contributed by atoms with Gasteiger partial charge in [0, 0.05) is 0 Å². The van der Waals surface area contributed by atoms with Gasteiger partial charge in [-0.05, 0) is 57.3 Å². The van der Waals surface area contributed by atoms with Gasteiger partial charge in [-0.3, -0.25) is 0 Å². The zero-order valence-corrected chi connectivity index (χ0v) is 18.0. The second-order valence-electron chi connectivity index (χ2n) is 7.93. The Kier molecular flexibility index (Phi) is 5.94. The maximum absolute atomic E-state index is 2.36. The predicted octanol–water partition coefficient (Wildman–Crippen LogP) is 8.48. The van der Waals surface area contributed by atoms with E-state index in [0.29, 0.717) is 0 Å². The SMILES string of the molecule is [CH](Cc1cccc(-c2ccccc2)c1-c1ccccc1)c1ccccc1-c1ccccc1. The normalized spacial score (nSPS) is 10.8. The van der Waals surface area contributed by atoms with Crippen molar-refractivity contribution in [3.63, 3.8) is 0 Å². The Labute approximate surface area is 190 Å². The van der Waals surface area contributed by atoms with E-state index in [4.69, 9.17) is 0 Å². The van der Waals surface area contributed by atoms with Gasteiger partial charge < -0.3 is 0 Å². The summed E-state index contributed by atoms with van der Waals surface area (Å²) in [6, 6.07) is 47.4. The van der Waals surface area contributed by atoms with Gasteiger partial charge in [0.2, 0.25) is 0 Å². The molecule has 0 aliphatic carbocycles. The van der Waals surface area contributed by atoms with E-state index in [2.05, 4.69) is 140 Å². The molecule has 0 N–H and O–H groups in total. The Hall–Kier alpha value is -3.90. The zero-order chi connectivity index (χ0) is 21.6. The minimum absolute atomic E-state index is 0.870. The molecular weight excluding hydrogens is 384 g/mol. The molecule has 5 aromatic carbocycles. The first-order chi connectivity index (χ1) is 15.9. The number of benzene rings is 5. The van der Waals surface area contributed by atoms with Gasteiger partial charge in [0.1, 0.15) is 0 Å². The first-order valence-corrected chi connectivity index (χ1v) is 11.1. The van der Waals surface area contributed by atoms with Crippen LogP contribution >= 0.6 is 0 Å². The predicted molar refractivity (Wildman–Crippen MR) is 136 cm³/mol. The van der Waals surface area contributed by atoms with Crippen LogP contribution in [-0.2, 0) is 6.42 Å². The Bertz CT molecular complexity index is 1290.